The molecule has 0 N–H and O–H groups in total. The molecule has 0 radical (unpaired) electrons. The molecule has 1 saturated heterocycles. The third kappa shape index (κ3) is 3.24. The number of nitrogens with zero attached hydrogens (tertiary/aromatic N) is 6. The van der Waals surface area contributed by atoms with Crippen molar-refractivity contribution in [3.8, 4) is 6.07 Å². The molecule has 0 atom stereocenters. The molecule has 25 heavy (non-hydrogen) atoms. The van der Waals surface area contributed by atoms with Crippen LogP contribution >= 0.6 is 0 Å². The number of rotatable bonds is 3. The van der Waals surface area contributed by atoms with Gasteiger partial charge in [0.05, 0.1) is 17.3 Å². The monoisotopic (exact) mass is 332 g/mol. The molecular weight excluding hydrogens is 312 g/mol. The minimum atomic E-state index is 0.404. The first kappa shape index (κ1) is 15.7. The van der Waals surface area contributed by atoms with Crippen molar-refractivity contribution in [1.29, 1.82) is 5.26 Å². The van der Waals surface area contributed by atoms with E-state index < -0.39 is 0 Å². The van der Waals surface area contributed by atoms with Crippen LogP contribution in [-0.4, -0.2) is 37.8 Å². The molecular formula is C19H20N6. The molecule has 3 heterocycles. The van der Waals surface area contributed by atoms with Gasteiger partial charge in [-0.05, 0) is 62.7 Å². The van der Waals surface area contributed by atoms with Gasteiger partial charge in [-0.15, -0.1) is 10.2 Å². The van der Waals surface area contributed by atoms with Gasteiger partial charge in [-0.1, -0.05) is 12.1 Å². The summed E-state index contributed by atoms with van der Waals surface area (Å²) in [4.78, 5) is 2.46. The molecule has 0 amide bonds. The summed E-state index contributed by atoms with van der Waals surface area (Å²) in [6, 6.07) is 14.0. The quantitative estimate of drug-likeness (QED) is 0.737. The largest absolute Gasteiger partial charge is 0.299 e. The summed E-state index contributed by atoms with van der Waals surface area (Å²) in [5, 5.41) is 22.1. The van der Waals surface area contributed by atoms with Crippen molar-refractivity contribution in [1.82, 2.24) is 24.7 Å². The number of hydrogen-bond donors (Lipinski definition) is 0. The first-order chi connectivity index (χ1) is 12.2. The molecule has 2 aromatic heterocycles. The van der Waals surface area contributed by atoms with Crippen LogP contribution in [0.3, 0.4) is 0 Å². The highest BCUT2D eigenvalue weighted by atomic mass is 15.4. The van der Waals surface area contributed by atoms with Gasteiger partial charge in [0, 0.05) is 12.5 Å². The van der Waals surface area contributed by atoms with E-state index in [-0.39, 0.29) is 0 Å². The lowest BCUT2D eigenvalue weighted by molar-refractivity contribution is 0.201. The zero-order valence-corrected chi connectivity index (χ0v) is 14.3. The zero-order valence-electron chi connectivity index (χ0n) is 14.3. The van der Waals surface area contributed by atoms with Gasteiger partial charge in [-0.2, -0.15) is 14.9 Å². The second kappa shape index (κ2) is 6.61. The Morgan fingerprint density at radius 2 is 1.84 bits per heavy atom. The third-order valence-corrected chi connectivity index (χ3v) is 4.86. The van der Waals surface area contributed by atoms with Crippen LogP contribution in [0.2, 0.25) is 0 Å². The van der Waals surface area contributed by atoms with Gasteiger partial charge < -0.3 is 0 Å². The number of benzene rings is 1. The van der Waals surface area contributed by atoms with Crippen molar-refractivity contribution in [2.75, 3.05) is 13.1 Å². The lowest BCUT2D eigenvalue weighted by Crippen LogP contribution is -2.33. The molecule has 6 nitrogen and oxygen atoms in total. The van der Waals surface area contributed by atoms with Crippen LogP contribution in [0.5, 0.6) is 0 Å². The van der Waals surface area contributed by atoms with Crippen molar-refractivity contribution >= 4 is 5.65 Å². The van der Waals surface area contributed by atoms with E-state index in [9.17, 15) is 0 Å². The molecule has 0 spiro atoms. The van der Waals surface area contributed by atoms with Gasteiger partial charge >= 0.3 is 0 Å². The first-order valence-electron chi connectivity index (χ1n) is 8.63. The summed E-state index contributed by atoms with van der Waals surface area (Å²) in [5.74, 6) is 1.39. The van der Waals surface area contributed by atoms with Crippen LogP contribution < -0.4 is 0 Å². The summed E-state index contributed by atoms with van der Waals surface area (Å²) in [6.07, 6.45) is 2.12. The summed E-state index contributed by atoms with van der Waals surface area (Å²) in [7, 11) is 0. The van der Waals surface area contributed by atoms with Crippen LogP contribution in [0.1, 0.15) is 41.4 Å². The molecule has 6 heteroatoms. The number of aromatic nitrogens is 4. The zero-order chi connectivity index (χ0) is 17.2. The van der Waals surface area contributed by atoms with Gasteiger partial charge in [-0.3, -0.25) is 4.90 Å². The molecule has 1 aliphatic rings. The number of hydrogen-bond acceptors (Lipinski definition) is 5. The van der Waals surface area contributed by atoms with Crippen LogP contribution in [0.25, 0.3) is 5.65 Å². The molecule has 1 fully saturated rings. The smallest absolute Gasteiger partial charge is 0.177 e. The maximum absolute atomic E-state index is 8.88. The molecule has 4 rings (SSSR count). The predicted octanol–water partition coefficient (Wildman–Crippen LogP) is 2.68. The minimum Gasteiger partial charge on any atom is -0.299 e. The molecule has 0 unspecified atom stereocenters. The molecule has 126 valence electrons. The van der Waals surface area contributed by atoms with Crippen molar-refractivity contribution in [3.63, 3.8) is 0 Å². The molecule has 3 aromatic rings. The van der Waals surface area contributed by atoms with Crippen LogP contribution in [0.4, 0.5) is 0 Å². The maximum Gasteiger partial charge on any atom is 0.177 e. The first-order valence-corrected chi connectivity index (χ1v) is 8.63. The molecule has 0 saturated carbocycles. The van der Waals surface area contributed by atoms with Gasteiger partial charge in [0.25, 0.3) is 0 Å². The highest BCUT2D eigenvalue weighted by molar-refractivity contribution is 5.36. The number of likely N-dealkylation sites (tertiary alicyclic amines) is 1. The lowest BCUT2D eigenvalue weighted by atomic mass is 9.95. The standard InChI is InChI=1S/C19H20N6/c1-14-2-7-18-21-22-19(25(18)23-14)17-8-10-24(11-9-17)13-16-5-3-15(12-20)4-6-16/h2-7,17H,8-11,13H2,1H3. The van der Waals surface area contributed by atoms with E-state index in [1.54, 1.807) is 0 Å². The van der Waals surface area contributed by atoms with E-state index in [0.717, 1.165) is 49.6 Å². The Bertz CT molecular complexity index is 913. The Morgan fingerprint density at radius 1 is 1.08 bits per heavy atom. The predicted molar refractivity (Wildman–Crippen MR) is 93.9 cm³/mol. The van der Waals surface area contributed by atoms with E-state index in [1.807, 2.05) is 47.8 Å². The molecule has 1 aliphatic heterocycles. The van der Waals surface area contributed by atoms with Crippen LogP contribution in [0.15, 0.2) is 36.4 Å². The maximum atomic E-state index is 8.88. The Labute approximate surface area is 146 Å². The van der Waals surface area contributed by atoms with E-state index in [2.05, 4.69) is 26.3 Å². The topological polar surface area (TPSA) is 70.1 Å². The second-order valence-corrected chi connectivity index (χ2v) is 6.66. The van der Waals surface area contributed by atoms with Crippen molar-refractivity contribution in [3.05, 3.63) is 59.0 Å². The second-order valence-electron chi connectivity index (χ2n) is 6.66. The summed E-state index contributed by atoms with van der Waals surface area (Å²) in [5.41, 5.74) is 3.76. The fraction of sp³-hybridized carbons (Fsp3) is 0.368. The highest BCUT2D eigenvalue weighted by Gasteiger charge is 2.25. The van der Waals surface area contributed by atoms with Crippen molar-refractivity contribution in [2.24, 2.45) is 0 Å². The Balaban J connectivity index is 1.42. The van der Waals surface area contributed by atoms with E-state index in [1.165, 1.54) is 5.56 Å². The molecule has 1 aromatic carbocycles. The van der Waals surface area contributed by atoms with Crippen LogP contribution in [0, 0.1) is 18.3 Å². The van der Waals surface area contributed by atoms with Crippen molar-refractivity contribution in [2.45, 2.75) is 32.2 Å². The van der Waals surface area contributed by atoms with Gasteiger partial charge in [0.1, 0.15) is 0 Å². The van der Waals surface area contributed by atoms with Crippen molar-refractivity contribution < 1.29 is 0 Å². The SMILES string of the molecule is Cc1ccc2nnc(C3CCN(Cc4ccc(C#N)cc4)CC3)n2n1. The number of piperidine rings is 1. The Hall–Kier alpha value is -2.78. The summed E-state index contributed by atoms with van der Waals surface area (Å²) < 4.78 is 1.90. The van der Waals surface area contributed by atoms with Gasteiger partial charge in [-0.25, -0.2) is 0 Å². The van der Waals surface area contributed by atoms with Crippen LogP contribution in [-0.2, 0) is 6.54 Å². The summed E-state index contributed by atoms with van der Waals surface area (Å²) >= 11 is 0. The number of aryl methyl sites for hydroxylation is 1. The average Bonchev–Trinajstić information content (AvgIpc) is 3.06. The fourth-order valence-electron chi connectivity index (χ4n) is 3.44. The Kier molecular flexibility index (Phi) is 4.16. The molecule has 0 bridgehead atoms. The van der Waals surface area contributed by atoms with Gasteiger partial charge in [0.15, 0.2) is 11.5 Å². The lowest BCUT2D eigenvalue weighted by Gasteiger charge is -2.31. The van der Waals surface area contributed by atoms with E-state index in [4.69, 9.17) is 5.26 Å². The minimum absolute atomic E-state index is 0.404. The average molecular weight is 332 g/mol. The highest BCUT2D eigenvalue weighted by Crippen LogP contribution is 2.27. The van der Waals surface area contributed by atoms with Gasteiger partial charge in [0.2, 0.25) is 0 Å². The number of fused-ring (bicyclic) bond motifs is 1. The van der Waals surface area contributed by atoms with E-state index >= 15 is 0 Å². The third-order valence-electron chi connectivity index (χ3n) is 4.86. The summed E-state index contributed by atoms with van der Waals surface area (Å²) in [6.45, 7) is 4.98. The Morgan fingerprint density at radius 3 is 2.56 bits per heavy atom. The van der Waals surface area contributed by atoms with E-state index in [0.29, 0.717) is 11.5 Å². The molecule has 0 aliphatic carbocycles. The normalized spacial score (nSPS) is 16.2. The fourth-order valence-corrected chi connectivity index (χ4v) is 3.44. The number of nitriles is 1.